The second kappa shape index (κ2) is 7.14. The Bertz CT molecular complexity index is 824. The first kappa shape index (κ1) is 16.0. The molecular weight excluding hydrogens is 330 g/mol. The molecule has 0 saturated heterocycles. The van der Waals surface area contributed by atoms with Gasteiger partial charge in [-0.25, -0.2) is 9.78 Å². The predicted octanol–water partition coefficient (Wildman–Crippen LogP) is 2.03. The summed E-state index contributed by atoms with van der Waals surface area (Å²) in [7, 11) is 1.77. The molecule has 0 spiro atoms. The van der Waals surface area contributed by atoms with Gasteiger partial charge in [-0.1, -0.05) is 23.7 Å². The Morgan fingerprint density at radius 2 is 2.04 bits per heavy atom. The summed E-state index contributed by atoms with van der Waals surface area (Å²) in [5, 5.41) is 14.3. The van der Waals surface area contributed by atoms with E-state index >= 15 is 0 Å². The maximum atomic E-state index is 11.9. The molecule has 0 fully saturated rings. The van der Waals surface area contributed by atoms with Crippen LogP contribution in [0, 0.1) is 0 Å². The molecule has 0 unspecified atom stereocenters. The highest BCUT2D eigenvalue weighted by Gasteiger charge is 2.06. The number of carbonyl (C=O) groups excluding carboxylic acids is 1. The Morgan fingerprint density at radius 1 is 1.25 bits per heavy atom. The highest BCUT2D eigenvalue weighted by atomic mass is 35.5. The van der Waals surface area contributed by atoms with Crippen molar-refractivity contribution in [3.63, 3.8) is 0 Å². The van der Waals surface area contributed by atoms with E-state index in [1.807, 2.05) is 24.3 Å². The molecule has 0 aliphatic heterocycles. The number of urea groups is 1. The number of rotatable bonds is 5. The molecule has 3 rings (SSSR count). The summed E-state index contributed by atoms with van der Waals surface area (Å²) in [6.45, 7) is 0.890. The fourth-order valence-corrected chi connectivity index (χ4v) is 2.23. The van der Waals surface area contributed by atoms with Crippen LogP contribution in [0.3, 0.4) is 0 Å². The van der Waals surface area contributed by atoms with Crippen molar-refractivity contribution in [3.8, 4) is 0 Å². The zero-order valence-electron chi connectivity index (χ0n) is 13.0. The number of aryl methyl sites for hydroxylation is 1. The third kappa shape index (κ3) is 4.11. The summed E-state index contributed by atoms with van der Waals surface area (Å²) in [5.74, 6) is 0.670. The minimum atomic E-state index is -0.330. The molecule has 0 radical (unpaired) electrons. The first-order valence-electron chi connectivity index (χ1n) is 7.25. The molecule has 2 amide bonds. The molecule has 2 aromatic heterocycles. The Balaban J connectivity index is 1.52. The third-order valence-electron chi connectivity index (χ3n) is 3.36. The van der Waals surface area contributed by atoms with E-state index in [1.54, 1.807) is 28.8 Å². The number of halogens is 1. The van der Waals surface area contributed by atoms with Crippen molar-refractivity contribution < 1.29 is 4.79 Å². The molecule has 0 aliphatic rings. The lowest BCUT2D eigenvalue weighted by atomic mass is 10.2. The maximum Gasteiger partial charge on any atom is 0.319 e. The van der Waals surface area contributed by atoms with Gasteiger partial charge in [-0.2, -0.15) is 10.2 Å². The number of carbonyl (C=O) groups is 1. The molecular formula is C15H16ClN7O. The van der Waals surface area contributed by atoms with E-state index in [-0.39, 0.29) is 6.03 Å². The van der Waals surface area contributed by atoms with Crippen LogP contribution in [0.15, 0.2) is 43.0 Å². The molecule has 9 heteroatoms. The van der Waals surface area contributed by atoms with Crippen molar-refractivity contribution >= 4 is 23.3 Å². The van der Waals surface area contributed by atoms with Crippen LogP contribution in [0.25, 0.3) is 0 Å². The van der Waals surface area contributed by atoms with Crippen LogP contribution in [0.2, 0.25) is 5.02 Å². The Morgan fingerprint density at radius 3 is 2.75 bits per heavy atom. The van der Waals surface area contributed by atoms with E-state index < -0.39 is 0 Å². The number of benzene rings is 1. The van der Waals surface area contributed by atoms with Crippen LogP contribution in [0.1, 0.15) is 11.4 Å². The molecule has 1 aromatic carbocycles. The van der Waals surface area contributed by atoms with Crippen molar-refractivity contribution in [2.45, 2.75) is 13.1 Å². The highest BCUT2D eigenvalue weighted by molar-refractivity contribution is 6.30. The van der Waals surface area contributed by atoms with Gasteiger partial charge in [0.1, 0.15) is 12.2 Å². The van der Waals surface area contributed by atoms with Gasteiger partial charge < -0.3 is 10.6 Å². The highest BCUT2D eigenvalue weighted by Crippen LogP contribution is 2.12. The summed E-state index contributed by atoms with van der Waals surface area (Å²) in [6, 6.07) is 7.21. The normalized spacial score (nSPS) is 10.6. The average Bonchev–Trinajstić information content (AvgIpc) is 3.17. The van der Waals surface area contributed by atoms with Gasteiger partial charge >= 0.3 is 6.03 Å². The van der Waals surface area contributed by atoms with Gasteiger partial charge in [0.15, 0.2) is 0 Å². The van der Waals surface area contributed by atoms with Crippen LogP contribution in [0.4, 0.5) is 10.5 Å². The van der Waals surface area contributed by atoms with Crippen LogP contribution >= 0.6 is 11.6 Å². The monoisotopic (exact) mass is 345 g/mol. The van der Waals surface area contributed by atoms with Gasteiger partial charge in [0.25, 0.3) is 0 Å². The lowest BCUT2D eigenvalue weighted by Crippen LogP contribution is -2.29. The standard InChI is InChI=1S/C15H16ClN7O/c1-22-14(18-10-20-22)7-17-15(24)21-13-6-19-23(9-13)8-11-2-4-12(16)5-3-11/h2-6,9-10H,7-8H2,1H3,(H2,17,21,24). The van der Waals surface area contributed by atoms with Gasteiger partial charge in [-0.15, -0.1) is 0 Å². The Kier molecular flexibility index (Phi) is 4.76. The van der Waals surface area contributed by atoms with Gasteiger partial charge in [0, 0.05) is 18.3 Å². The summed E-state index contributed by atoms with van der Waals surface area (Å²) < 4.78 is 3.34. The minimum absolute atomic E-state index is 0.293. The number of nitrogens with one attached hydrogen (secondary N) is 2. The smallest absolute Gasteiger partial charge is 0.319 e. The third-order valence-corrected chi connectivity index (χ3v) is 3.61. The van der Waals surface area contributed by atoms with Crippen LogP contribution in [0.5, 0.6) is 0 Å². The van der Waals surface area contributed by atoms with E-state index in [0.717, 1.165) is 5.56 Å². The van der Waals surface area contributed by atoms with E-state index in [1.165, 1.54) is 6.33 Å². The van der Waals surface area contributed by atoms with E-state index in [4.69, 9.17) is 11.6 Å². The number of amides is 2. The van der Waals surface area contributed by atoms with E-state index in [2.05, 4.69) is 25.8 Å². The first-order valence-corrected chi connectivity index (χ1v) is 7.62. The van der Waals surface area contributed by atoms with Crippen molar-refractivity contribution in [2.24, 2.45) is 7.05 Å². The predicted molar refractivity (Wildman–Crippen MR) is 89.6 cm³/mol. The molecule has 3 aromatic rings. The number of aromatic nitrogens is 5. The number of hydrogen-bond donors (Lipinski definition) is 2. The lowest BCUT2D eigenvalue weighted by molar-refractivity contribution is 0.251. The average molecular weight is 346 g/mol. The largest absolute Gasteiger partial charge is 0.331 e. The molecule has 24 heavy (non-hydrogen) atoms. The van der Waals surface area contributed by atoms with Crippen molar-refractivity contribution in [2.75, 3.05) is 5.32 Å². The zero-order chi connectivity index (χ0) is 16.9. The van der Waals surface area contributed by atoms with Crippen LogP contribution in [-0.4, -0.2) is 30.6 Å². The van der Waals surface area contributed by atoms with Crippen LogP contribution in [-0.2, 0) is 20.1 Å². The van der Waals surface area contributed by atoms with E-state index in [0.29, 0.717) is 29.6 Å². The lowest BCUT2D eigenvalue weighted by Gasteiger charge is -2.05. The quantitative estimate of drug-likeness (QED) is 0.740. The second-order valence-corrected chi connectivity index (χ2v) is 5.60. The number of anilines is 1. The van der Waals surface area contributed by atoms with Crippen LogP contribution < -0.4 is 10.6 Å². The summed E-state index contributed by atoms with van der Waals surface area (Å²) in [6.07, 6.45) is 4.80. The second-order valence-electron chi connectivity index (χ2n) is 5.16. The van der Waals surface area contributed by atoms with Gasteiger partial charge in [0.05, 0.1) is 25.0 Å². The molecule has 0 bridgehead atoms. The van der Waals surface area contributed by atoms with E-state index in [9.17, 15) is 4.79 Å². The Hall–Kier alpha value is -2.87. The maximum absolute atomic E-state index is 11.9. The Labute approximate surface area is 143 Å². The molecule has 8 nitrogen and oxygen atoms in total. The molecule has 0 atom stereocenters. The first-order chi connectivity index (χ1) is 11.6. The fourth-order valence-electron chi connectivity index (χ4n) is 2.11. The van der Waals surface area contributed by atoms with Gasteiger partial charge in [-0.3, -0.25) is 9.36 Å². The molecule has 124 valence electrons. The number of hydrogen-bond acceptors (Lipinski definition) is 4. The molecule has 2 heterocycles. The molecule has 0 saturated carbocycles. The summed E-state index contributed by atoms with van der Waals surface area (Å²) >= 11 is 5.87. The summed E-state index contributed by atoms with van der Waals surface area (Å²) in [5.41, 5.74) is 1.68. The minimum Gasteiger partial charge on any atom is -0.331 e. The summed E-state index contributed by atoms with van der Waals surface area (Å²) in [4.78, 5) is 15.9. The van der Waals surface area contributed by atoms with Crippen molar-refractivity contribution in [1.29, 1.82) is 0 Å². The molecule has 2 N–H and O–H groups in total. The van der Waals surface area contributed by atoms with Gasteiger partial charge in [-0.05, 0) is 17.7 Å². The van der Waals surface area contributed by atoms with Crippen molar-refractivity contribution in [1.82, 2.24) is 29.9 Å². The zero-order valence-corrected chi connectivity index (χ0v) is 13.7. The fraction of sp³-hybridized carbons (Fsp3) is 0.200. The van der Waals surface area contributed by atoms with Crippen molar-refractivity contribution in [3.05, 3.63) is 59.4 Å². The number of nitrogens with zero attached hydrogens (tertiary/aromatic N) is 5. The topological polar surface area (TPSA) is 89.7 Å². The SMILES string of the molecule is Cn1ncnc1CNC(=O)Nc1cnn(Cc2ccc(Cl)cc2)c1. The van der Waals surface area contributed by atoms with Gasteiger partial charge in [0.2, 0.25) is 0 Å². The molecule has 0 aliphatic carbocycles.